The number of nitrogens with one attached hydrogen (secondary N) is 1. The van der Waals surface area contributed by atoms with Gasteiger partial charge in [-0.25, -0.2) is 0 Å². The number of rotatable bonds is 4. The van der Waals surface area contributed by atoms with Gasteiger partial charge in [0.2, 0.25) is 11.8 Å². The summed E-state index contributed by atoms with van der Waals surface area (Å²) in [5.74, 6) is 1.34. The minimum atomic E-state index is -0.397. The van der Waals surface area contributed by atoms with Crippen LogP contribution in [0.3, 0.4) is 0 Å². The SMILES string of the molecule is COc1cccc(CNC(=O)[C@@H]2CSC3(CCN(C)CC3)N2C(C)=O)c1. The molecule has 1 aromatic rings. The summed E-state index contributed by atoms with van der Waals surface area (Å²) in [7, 11) is 3.72. The molecule has 1 N–H and O–H groups in total. The summed E-state index contributed by atoms with van der Waals surface area (Å²) in [4.78, 5) is 29.1. The van der Waals surface area contributed by atoms with E-state index in [1.165, 1.54) is 0 Å². The Morgan fingerprint density at radius 1 is 1.35 bits per heavy atom. The van der Waals surface area contributed by atoms with Gasteiger partial charge in [0.05, 0.1) is 12.0 Å². The fourth-order valence-electron chi connectivity index (χ4n) is 3.80. The summed E-state index contributed by atoms with van der Waals surface area (Å²) in [5, 5.41) is 3.00. The van der Waals surface area contributed by atoms with Crippen molar-refractivity contribution in [2.45, 2.75) is 37.2 Å². The van der Waals surface area contributed by atoms with E-state index in [0.717, 1.165) is 37.2 Å². The third kappa shape index (κ3) is 3.83. The van der Waals surface area contributed by atoms with Crippen LogP contribution in [0.15, 0.2) is 24.3 Å². The second kappa shape index (κ2) is 7.88. The minimum Gasteiger partial charge on any atom is -0.497 e. The molecule has 26 heavy (non-hydrogen) atoms. The van der Waals surface area contributed by atoms with Gasteiger partial charge in [0, 0.05) is 32.3 Å². The highest BCUT2D eigenvalue weighted by atomic mass is 32.2. The summed E-state index contributed by atoms with van der Waals surface area (Å²) in [6.45, 7) is 3.91. The van der Waals surface area contributed by atoms with Crippen LogP contribution in [0.1, 0.15) is 25.3 Å². The highest BCUT2D eigenvalue weighted by molar-refractivity contribution is 8.01. The van der Waals surface area contributed by atoms with E-state index in [1.807, 2.05) is 29.2 Å². The second-order valence-corrected chi connectivity index (χ2v) is 8.42. The monoisotopic (exact) mass is 377 g/mol. The van der Waals surface area contributed by atoms with E-state index >= 15 is 0 Å². The molecule has 0 saturated carbocycles. The Hall–Kier alpha value is -1.73. The zero-order valence-electron chi connectivity index (χ0n) is 15.7. The summed E-state index contributed by atoms with van der Waals surface area (Å²) < 4.78 is 5.22. The highest BCUT2D eigenvalue weighted by Crippen LogP contribution is 2.46. The number of nitrogens with zero attached hydrogens (tertiary/aromatic N) is 2. The first-order valence-electron chi connectivity index (χ1n) is 8.98. The number of carbonyl (C=O) groups excluding carboxylic acids is 2. The van der Waals surface area contributed by atoms with Gasteiger partial charge in [0.1, 0.15) is 11.8 Å². The summed E-state index contributed by atoms with van der Waals surface area (Å²) in [6, 6.07) is 7.24. The first-order chi connectivity index (χ1) is 12.4. The van der Waals surface area contributed by atoms with Crippen LogP contribution in [-0.2, 0) is 16.1 Å². The fraction of sp³-hybridized carbons (Fsp3) is 0.579. The summed E-state index contributed by atoms with van der Waals surface area (Å²) >= 11 is 1.77. The van der Waals surface area contributed by atoms with Crippen LogP contribution in [0, 0.1) is 0 Å². The minimum absolute atomic E-state index is 0.0129. The van der Waals surface area contributed by atoms with Crippen LogP contribution in [0.4, 0.5) is 0 Å². The van der Waals surface area contributed by atoms with Crippen molar-refractivity contribution in [3.63, 3.8) is 0 Å². The van der Waals surface area contributed by atoms with Crippen molar-refractivity contribution >= 4 is 23.6 Å². The van der Waals surface area contributed by atoms with Crippen molar-refractivity contribution < 1.29 is 14.3 Å². The predicted molar refractivity (Wildman–Crippen MR) is 103 cm³/mol. The van der Waals surface area contributed by atoms with Crippen LogP contribution < -0.4 is 10.1 Å². The zero-order chi connectivity index (χ0) is 18.7. The van der Waals surface area contributed by atoms with Crippen molar-refractivity contribution in [1.29, 1.82) is 0 Å². The van der Waals surface area contributed by atoms with Gasteiger partial charge in [-0.3, -0.25) is 9.59 Å². The molecule has 0 unspecified atom stereocenters. The van der Waals surface area contributed by atoms with Crippen molar-refractivity contribution in [3.8, 4) is 5.75 Å². The molecular formula is C19H27N3O3S. The van der Waals surface area contributed by atoms with E-state index in [9.17, 15) is 9.59 Å². The van der Waals surface area contributed by atoms with Crippen molar-refractivity contribution in [3.05, 3.63) is 29.8 Å². The molecule has 2 aliphatic rings. The average molecular weight is 378 g/mol. The normalized spacial score (nSPS) is 22.4. The molecule has 2 heterocycles. The largest absolute Gasteiger partial charge is 0.497 e. The Morgan fingerprint density at radius 2 is 2.08 bits per heavy atom. The number of benzene rings is 1. The number of carbonyl (C=O) groups is 2. The van der Waals surface area contributed by atoms with Gasteiger partial charge >= 0.3 is 0 Å². The van der Waals surface area contributed by atoms with Gasteiger partial charge in [-0.15, -0.1) is 11.8 Å². The molecule has 2 fully saturated rings. The lowest BCUT2D eigenvalue weighted by Crippen LogP contribution is -2.57. The first kappa shape index (κ1) is 19.0. The lowest BCUT2D eigenvalue weighted by Gasteiger charge is -2.44. The number of methoxy groups -OCH3 is 1. The van der Waals surface area contributed by atoms with E-state index in [-0.39, 0.29) is 16.7 Å². The lowest BCUT2D eigenvalue weighted by molar-refractivity contribution is -0.142. The summed E-state index contributed by atoms with van der Waals surface area (Å²) in [6.07, 6.45) is 1.82. The molecule has 2 aliphatic heterocycles. The number of likely N-dealkylation sites (tertiary alicyclic amines) is 1. The molecule has 0 aromatic heterocycles. The van der Waals surface area contributed by atoms with Crippen molar-refractivity contribution in [1.82, 2.24) is 15.1 Å². The molecule has 1 spiro atoms. The van der Waals surface area contributed by atoms with Crippen LogP contribution in [0.5, 0.6) is 5.75 Å². The highest BCUT2D eigenvalue weighted by Gasteiger charge is 2.51. The molecule has 0 radical (unpaired) electrons. The quantitative estimate of drug-likeness (QED) is 0.865. The molecule has 7 heteroatoms. The molecule has 2 saturated heterocycles. The Balaban J connectivity index is 1.67. The average Bonchev–Trinajstić information content (AvgIpc) is 3.02. The number of amides is 2. The van der Waals surface area contributed by atoms with E-state index < -0.39 is 6.04 Å². The molecule has 0 bridgehead atoms. The Labute approximate surface area is 159 Å². The molecule has 0 aliphatic carbocycles. The Morgan fingerprint density at radius 3 is 2.73 bits per heavy atom. The van der Waals surface area contributed by atoms with E-state index in [2.05, 4.69) is 17.3 Å². The number of piperidine rings is 1. The lowest BCUT2D eigenvalue weighted by atomic mass is 10.0. The van der Waals surface area contributed by atoms with Gasteiger partial charge in [-0.2, -0.15) is 0 Å². The van der Waals surface area contributed by atoms with E-state index in [4.69, 9.17) is 4.74 Å². The molecular weight excluding hydrogens is 350 g/mol. The van der Waals surface area contributed by atoms with Crippen LogP contribution in [0.2, 0.25) is 0 Å². The smallest absolute Gasteiger partial charge is 0.243 e. The van der Waals surface area contributed by atoms with Gasteiger partial charge in [0.25, 0.3) is 0 Å². The number of thioether (sulfide) groups is 1. The molecule has 6 nitrogen and oxygen atoms in total. The Bertz CT molecular complexity index is 674. The van der Waals surface area contributed by atoms with Crippen molar-refractivity contribution in [2.24, 2.45) is 0 Å². The summed E-state index contributed by atoms with van der Waals surface area (Å²) in [5.41, 5.74) is 0.978. The molecule has 2 amide bonds. The third-order valence-corrected chi connectivity index (χ3v) is 6.90. The van der Waals surface area contributed by atoms with Crippen LogP contribution in [-0.4, -0.2) is 65.5 Å². The third-order valence-electron chi connectivity index (χ3n) is 5.27. The zero-order valence-corrected chi connectivity index (χ0v) is 16.5. The first-order valence-corrected chi connectivity index (χ1v) is 9.97. The standard InChI is InChI=1S/C19H27N3O3S/c1-14(23)22-17(13-26-19(22)7-9-21(2)10-8-19)18(24)20-12-15-5-4-6-16(11-15)25-3/h4-6,11,17H,7-10,12-13H2,1-3H3,(H,20,24)/t17-/m0/s1. The van der Waals surface area contributed by atoms with Crippen LogP contribution >= 0.6 is 11.8 Å². The topological polar surface area (TPSA) is 61.9 Å². The molecule has 3 rings (SSSR count). The van der Waals surface area contributed by atoms with E-state index in [0.29, 0.717) is 12.3 Å². The van der Waals surface area contributed by atoms with Gasteiger partial charge < -0.3 is 19.9 Å². The maximum Gasteiger partial charge on any atom is 0.243 e. The van der Waals surface area contributed by atoms with Gasteiger partial charge in [-0.1, -0.05) is 12.1 Å². The van der Waals surface area contributed by atoms with Gasteiger partial charge in [-0.05, 0) is 37.6 Å². The van der Waals surface area contributed by atoms with Crippen LogP contribution in [0.25, 0.3) is 0 Å². The van der Waals surface area contributed by atoms with E-state index in [1.54, 1.807) is 25.8 Å². The number of hydrogen-bond acceptors (Lipinski definition) is 5. The maximum absolute atomic E-state index is 12.8. The Kier molecular flexibility index (Phi) is 5.77. The number of hydrogen-bond donors (Lipinski definition) is 1. The number of ether oxygens (including phenoxy) is 1. The molecule has 1 atom stereocenters. The molecule has 1 aromatic carbocycles. The predicted octanol–water partition coefficient (Wildman–Crippen LogP) is 1.70. The van der Waals surface area contributed by atoms with Crippen molar-refractivity contribution in [2.75, 3.05) is 33.0 Å². The second-order valence-electron chi connectivity index (χ2n) is 7.03. The maximum atomic E-state index is 12.8. The molecule has 142 valence electrons. The fourth-order valence-corrected chi connectivity index (χ4v) is 5.44. The van der Waals surface area contributed by atoms with Gasteiger partial charge in [0.15, 0.2) is 0 Å².